The molecule has 0 bridgehead atoms. The average molecular weight is 248 g/mol. The third-order valence-corrected chi connectivity index (χ3v) is 5.01. The Kier molecular flexibility index (Phi) is 6.73. The lowest BCUT2D eigenvalue weighted by Crippen LogP contribution is -2.70. The van der Waals surface area contributed by atoms with E-state index in [2.05, 4.69) is 23.8 Å². The highest BCUT2D eigenvalue weighted by molar-refractivity contribution is 6.62. The molecule has 4 nitrogen and oxygen atoms in total. The predicted octanol–water partition coefficient (Wildman–Crippen LogP) is 1.88. The van der Waals surface area contributed by atoms with Gasteiger partial charge < -0.3 is 8.85 Å². The summed E-state index contributed by atoms with van der Waals surface area (Å²) in [6.07, 6.45) is 0.145. The van der Waals surface area contributed by atoms with Crippen molar-refractivity contribution in [2.24, 2.45) is 0 Å². The standard InChI is InChI=1S/C11H28N2O2Si/c1-8-12-16(13-9-2,14-10(3)4)15-11(5,6)7/h10,12-13H,8-9H2,1-7H3. The first kappa shape index (κ1) is 16.1. The lowest BCUT2D eigenvalue weighted by Gasteiger charge is -2.37. The van der Waals surface area contributed by atoms with Crippen molar-refractivity contribution in [1.82, 2.24) is 9.96 Å². The molecule has 0 aliphatic rings. The molecule has 16 heavy (non-hydrogen) atoms. The molecule has 0 aliphatic heterocycles. The normalized spacial score (nSPS) is 13.5. The molecule has 0 aromatic heterocycles. The van der Waals surface area contributed by atoms with Crippen molar-refractivity contribution in [2.45, 2.75) is 60.2 Å². The van der Waals surface area contributed by atoms with Gasteiger partial charge in [-0.3, -0.25) is 9.96 Å². The molecule has 0 unspecified atom stereocenters. The summed E-state index contributed by atoms with van der Waals surface area (Å²) >= 11 is 0. The Morgan fingerprint density at radius 1 is 1.06 bits per heavy atom. The van der Waals surface area contributed by atoms with Crippen LogP contribution in [0.25, 0.3) is 0 Å². The molecule has 0 atom stereocenters. The molecule has 0 saturated carbocycles. The second-order valence-electron chi connectivity index (χ2n) is 5.06. The van der Waals surface area contributed by atoms with Crippen molar-refractivity contribution in [3.63, 3.8) is 0 Å². The first-order valence-corrected chi connectivity index (χ1v) is 7.94. The lowest BCUT2D eigenvalue weighted by atomic mass is 10.2. The average Bonchev–Trinajstić information content (AvgIpc) is 1.98. The number of rotatable bonds is 7. The molecule has 5 heteroatoms. The molecular weight excluding hydrogens is 220 g/mol. The van der Waals surface area contributed by atoms with Crippen LogP contribution in [0, 0.1) is 0 Å². The van der Waals surface area contributed by atoms with E-state index < -0.39 is 8.88 Å². The zero-order valence-electron chi connectivity index (χ0n) is 11.8. The Bertz CT molecular complexity index is 187. The van der Waals surface area contributed by atoms with Crippen LogP contribution in [-0.4, -0.2) is 33.7 Å². The van der Waals surface area contributed by atoms with Crippen LogP contribution >= 0.6 is 0 Å². The van der Waals surface area contributed by atoms with Gasteiger partial charge in [-0.15, -0.1) is 0 Å². The molecule has 98 valence electrons. The quantitative estimate of drug-likeness (QED) is 0.675. The molecule has 0 heterocycles. The molecule has 0 aromatic carbocycles. The van der Waals surface area contributed by atoms with Crippen molar-refractivity contribution >= 4 is 8.88 Å². The van der Waals surface area contributed by atoms with Gasteiger partial charge in [-0.1, -0.05) is 13.8 Å². The third kappa shape index (κ3) is 6.60. The fraction of sp³-hybridized carbons (Fsp3) is 1.00. The van der Waals surface area contributed by atoms with Crippen molar-refractivity contribution in [3.8, 4) is 0 Å². The SMILES string of the molecule is CCN[Si](NCC)(OC(C)C)OC(C)(C)C. The molecular formula is C11H28N2O2Si. The van der Waals surface area contributed by atoms with E-state index >= 15 is 0 Å². The summed E-state index contributed by atoms with van der Waals surface area (Å²) in [5.41, 5.74) is -0.217. The smallest absolute Gasteiger partial charge is 0.368 e. The maximum atomic E-state index is 6.11. The van der Waals surface area contributed by atoms with E-state index in [4.69, 9.17) is 8.85 Å². The highest BCUT2D eigenvalue weighted by Crippen LogP contribution is 2.15. The highest BCUT2D eigenvalue weighted by atomic mass is 28.4. The molecule has 2 N–H and O–H groups in total. The molecule has 0 radical (unpaired) electrons. The molecule has 0 amide bonds. The number of nitrogens with one attached hydrogen (secondary N) is 2. The Hall–Kier alpha value is 0.0569. The molecule has 0 aromatic rings. The van der Waals surface area contributed by atoms with Crippen LogP contribution in [0.2, 0.25) is 0 Å². The van der Waals surface area contributed by atoms with Crippen LogP contribution in [0.1, 0.15) is 48.5 Å². The molecule has 0 spiro atoms. The fourth-order valence-corrected chi connectivity index (χ4v) is 4.41. The van der Waals surface area contributed by atoms with Crippen LogP contribution in [0.5, 0.6) is 0 Å². The summed E-state index contributed by atoms with van der Waals surface area (Å²) in [6.45, 7) is 16.0. The van der Waals surface area contributed by atoms with Crippen LogP contribution in [0.3, 0.4) is 0 Å². The van der Waals surface area contributed by atoms with Crippen LogP contribution < -0.4 is 9.96 Å². The van der Waals surface area contributed by atoms with Crippen LogP contribution in [-0.2, 0) is 8.85 Å². The molecule has 0 saturated heterocycles. The van der Waals surface area contributed by atoms with E-state index in [1.165, 1.54) is 0 Å². The van der Waals surface area contributed by atoms with E-state index in [1.807, 2.05) is 34.6 Å². The zero-order valence-corrected chi connectivity index (χ0v) is 12.8. The minimum atomic E-state index is -2.49. The Morgan fingerprint density at radius 2 is 1.50 bits per heavy atom. The number of hydrogen-bond acceptors (Lipinski definition) is 4. The van der Waals surface area contributed by atoms with Gasteiger partial charge in [-0.25, -0.2) is 0 Å². The van der Waals surface area contributed by atoms with Gasteiger partial charge >= 0.3 is 8.88 Å². The monoisotopic (exact) mass is 248 g/mol. The molecule has 0 fully saturated rings. The largest absolute Gasteiger partial charge is 0.517 e. The van der Waals surface area contributed by atoms with Crippen molar-refractivity contribution in [2.75, 3.05) is 13.1 Å². The van der Waals surface area contributed by atoms with Gasteiger partial charge in [0.2, 0.25) is 0 Å². The van der Waals surface area contributed by atoms with E-state index in [9.17, 15) is 0 Å². The van der Waals surface area contributed by atoms with E-state index in [-0.39, 0.29) is 11.7 Å². The summed E-state index contributed by atoms with van der Waals surface area (Å²) in [6, 6.07) is 0. The van der Waals surface area contributed by atoms with E-state index in [0.717, 1.165) is 13.1 Å². The van der Waals surface area contributed by atoms with Crippen molar-refractivity contribution in [1.29, 1.82) is 0 Å². The maximum Gasteiger partial charge on any atom is 0.517 e. The molecule has 0 rings (SSSR count). The van der Waals surface area contributed by atoms with Gasteiger partial charge in [-0.2, -0.15) is 0 Å². The van der Waals surface area contributed by atoms with Gasteiger partial charge in [0.25, 0.3) is 0 Å². The first-order valence-electron chi connectivity index (χ1n) is 6.12. The highest BCUT2D eigenvalue weighted by Gasteiger charge is 2.42. The van der Waals surface area contributed by atoms with Gasteiger partial charge in [-0.05, 0) is 47.7 Å². The summed E-state index contributed by atoms with van der Waals surface area (Å²) in [7, 11) is -2.49. The Labute approximate surface area is 102 Å². The van der Waals surface area contributed by atoms with Crippen molar-refractivity contribution in [3.05, 3.63) is 0 Å². The third-order valence-electron chi connectivity index (χ3n) is 1.67. The van der Waals surface area contributed by atoms with Crippen LogP contribution in [0.4, 0.5) is 0 Å². The van der Waals surface area contributed by atoms with Gasteiger partial charge in [0.05, 0.1) is 5.60 Å². The second kappa shape index (κ2) is 6.71. The van der Waals surface area contributed by atoms with E-state index in [0.29, 0.717) is 0 Å². The van der Waals surface area contributed by atoms with Crippen molar-refractivity contribution < 1.29 is 8.85 Å². The Balaban J connectivity index is 4.77. The summed E-state index contributed by atoms with van der Waals surface area (Å²) in [5, 5.41) is 0. The summed E-state index contributed by atoms with van der Waals surface area (Å²) in [4.78, 5) is 6.74. The van der Waals surface area contributed by atoms with Crippen LogP contribution in [0.15, 0.2) is 0 Å². The minimum absolute atomic E-state index is 0.145. The van der Waals surface area contributed by atoms with E-state index in [1.54, 1.807) is 0 Å². The maximum absolute atomic E-state index is 6.11. The Morgan fingerprint density at radius 3 is 1.75 bits per heavy atom. The van der Waals surface area contributed by atoms with Gasteiger partial charge in [0.1, 0.15) is 0 Å². The van der Waals surface area contributed by atoms with Gasteiger partial charge in [0.15, 0.2) is 0 Å². The lowest BCUT2D eigenvalue weighted by molar-refractivity contribution is 0.0345. The second-order valence-corrected chi connectivity index (χ2v) is 7.44. The summed E-state index contributed by atoms with van der Waals surface area (Å²) in [5.74, 6) is 0. The van der Waals surface area contributed by atoms with Gasteiger partial charge in [0, 0.05) is 6.10 Å². The number of hydrogen-bond donors (Lipinski definition) is 2. The first-order chi connectivity index (χ1) is 7.24. The molecule has 0 aliphatic carbocycles. The predicted molar refractivity (Wildman–Crippen MR) is 70.2 cm³/mol. The summed E-state index contributed by atoms with van der Waals surface area (Å²) < 4.78 is 12.1. The fourth-order valence-electron chi connectivity index (χ4n) is 1.47. The minimum Gasteiger partial charge on any atom is -0.368 e. The zero-order chi connectivity index (χ0) is 12.8. The topological polar surface area (TPSA) is 42.5 Å².